The summed E-state index contributed by atoms with van der Waals surface area (Å²) in [5.41, 5.74) is 0. The molecule has 0 aromatic rings. The SMILES string of the molecule is CC(C)C1CCCN1C(=O)[C@@H]1CC[C@H](C(=O)O)O1. The van der Waals surface area contributed by atoms with Crippen molar-refractivity contribution in [1.82, 2.24) is 4.90 Å². The first-order valence-electron chi connectivity index (χ1n) is 6.69. The summed E-state index contributed by atoms with van der Waals surface area (Å²) in [6.07, 6.45) is 1.68. The first kappa shape index (κ1) is 13.3. The third kappa shape index (κ3) is 2.51. The Morgan fingerprint density at radius 2 is 1.89 bits per heavy atom. The second-order valence-corrected chi connectivity index (χ2v) is 5.51. The lowest BCUT2D eigenvalue weighted by atomic mass is 10.0. The van der Waals surface area contributed by atoms with Gasteiger partial charge >= 0.3 is 5.97 Å². The van der Waals surface area contributed by atoms with Gasteiger partial charge < -0.3 is 14.7 Å². The number of carbonyl (C=O) groups excluding carboxylic acids is 1. The molecule has 1 N–H and O–H groups in total. The molecule has 0 radical (unpaired) electrons. The minimum Gasteiger partial charge on any atom is -0.479 e. The summed E-state index contributed by atoms with van der Waals surface area (Å²) in [6.45, 7) is 5.01. The number of hydrogen-bond donors (Lipinski definition) is 1. The highest BCUT2D eigenvalue weighted by Crippen LogP contribution is 2.28. The van der Waals surface area contributed by atoms with Crippen molar-refractivity contribution in [2.75, 3.05) is 6.54 Å². The lowest BCUT2D eigenvalue weighted by Crippen LogP contribution is -2.44. The number of ether oxygens (including phenoxy) is 1. The summed E-state index contributed by atoms with van der Waals surface area (Å²) in [4.78, 5) is 25.0. The lowest BCUT2D eigenvalue weighted by molar-refractivity contribution is -0.155. The highest BCUT2D eigenvalue weighted by Gasteiger charge is 2.40. The van der Waals surface area contributed by atoms with E-state index in [0.29, 0.717) is 18.8 Å². The second kappa shape index (κ2) is 5.26. The first-order chi connectivity index (χ1) is 8.50. The minimum atomic E-state index is -0.966. The van der Waals surface area contributed by atoms with Gasteiger partial charge in [-0.15, -0.1) is 0 Å². The van der Waals surface area contributed by atoms with E-state index >= 15 is 0 Å². The van der Waals surface area contributed by atoms with Crippen molar-refractivity contribution in [3.8, 4) is 0 Å². The largest absolute Gasteiger partial charge is 0.479 e. The van der Waals surface area contributed by atoms with E-state index in [4.69, 9.17) is 9.84 Å². The lowest BCUT2D eigenvalue weighted by Gasteiger charge is -2.29. The standard InChI is InChI=1S/C13H21NO4/c1-8(2)9-4-3-7-14(9)12(15)10-5-6-11(18-10)13(16)17/h8-11H,3-7H2,1-2H3,(H,16,17)/t9?,10-,11+/m0/s1. The van der Waals surface area contributed by atoms with E-state index in [9.17, 15) is 9.59 Å². The maximum Gasteiger partial charge on any atom is 0.332 e. The van der Waals surface area contributed by atoms with Crippen LogP contribution in [0.25, 0.3) is 0 Å². The predicted octanol–water partition coefficient (Wildman–Crippen LogP) is 1.27. The monoisotopic (exact) mass is 255 g/mol. The van der Waals surface area contributed by atoms with Crippen LogP contribution < -0.4 is 0 Å². The maximum atomic E-state index is 12.3. The molecule has 3 atom stereocenters. The van der Waals surface area contributed by atoms with Crippen LogP contribution in [-0.4, -0.2) is 46.7 Å². The Kier molecular flexibility index (Phi) is 3.90. The van der Waals surface area contributed by atoms with Crippen molar-refractivity contribution in [3.05, 3.63) is 0 Å². The molecule has 0 aromatic heterocycles. The summed E-state index contributed by atoms with van der Waals surface area (Å²) in [7, 11) is 0. The Labute approximate surface area is 107 Å². The van der Waals surface area contributed by atoms with Crippen LogP contribution in [0.3, 0.4) is 0 Å². The number of carboxylic acids is 1. The van der Waals surface area contributed by atoms with Gasteiger partial charge in [-0.1, -0.05) is 13.8 Å². The van der Waals surface area contributed by atoms with Crippen LogP contribution in [0.4, 0.5) is 0 Å². The first-order valence-corrected chi connectivity index (χ1v) is 6.69. The predicted molar refractivity (Wildman–Crippen MR) is 65.1 cm³/mol. The molecular weight excluding hydrogens is 234 g/mol. The average Bonchev–Trinajstić information content (AvgIpc) is 2.97. The molecule has 0 saturated carbocycles. The molecule has 0 aliphatic carbocycles. The van der Waals surface area contributed by atoms with E-state index in [0.717, 1.165) is 19.4 Å². The molecule has 2 aliphatic heterocycles. The van der Waals surface area contributed by atoms with E-state index in [1.165, 1.54) is 0 Å². The molecule has 0 aromatic carbocycles. The van der Waals surface area contributed by atoms with Crippen LogP contribution in [-0.2, 0) is 14.3 Å². The van der Waals surface area contributed by atoms with Crippen LogP contribution in [0, 0.1) is 5.92 Å². The number of nitrogens with zero attached hydrogens (tertiary/aromatic N) is 1. The zero-order chi connectivity index (χ0) is 13.3. The molecule has 102 valence electrons. The van der Waals surface area contributed by atoms with Gasteiger partial charge in [0, 0.05) is 12.6 Å². The van der Waals surface area contributed by atoms with Crippen LogP contribution in [0.2, 0.25) is 0 Å². The van der Waals surface area contributed by atoms with Gasteiger partial charge in [0.1, 0.15) is 6.10 Å². The van der Waals surface area contributed by atoms with Gasteiger partial charge in [-0.2, -0.15) is 0 Å². The maximum absolute atomic E-state index is 12.3. The van der Waals surface area contributed by atoms with Crippen LogP contribution in [0.5, 0.6) is 0 Å². The quantitative estimate of drug-likeness (QED) is 0.824. The Balaban J connectivity index is 1.98. The number of hydrogen-bond acceptors (Lipinski definition) is 3. The molecule has 2 saturated heterocycles. The fourth-order valence-electron chi connectivity index (χ4n) is 2.94. The van der Waals surface area contributed by atoms with Crippen molar-refractivity contribution in [2.24, 2.45) is 5.92 Å². The van der Waals surface area contributed by atoms with Gasteiger partial charge in [-0.05, 0) is 31.6 Å². The van der Waals surface area contributed by atoms with Crippen molar-refractivity contribution in [3.63, 3.8) is 0 Å². The van der Waals surface area contributed by atoms with Crippen molar-refractivity contribution < 1.29 is 19.4 Å². The van der Waals surface area contributed by atoms with Gasteiger partial charge in [0.2, 0.25) is 0 Å². The molecule has 1 amide bonds. The second-order valence-electron chi connectivity index (χ2n) is 5.51. The molecule has 2 rings (SSSR count). The molecule has 2 aliphatic rings. The van der Waals surface area contributed by atoms with Crippen LogP contribution in [0.15, 0.2) is 0 Å². The Hall–Kier alpha value is -1.10. The molecule has 1 unspecified atom stereocenters. The van der Waals surface area contributed by atoms with Crippen molar-refractivity contribution in [1.29, 1.82) is 0 Å². The number of likely N-dealkylation sites (tertiary alicyclic amines) is 1. The summed E-state index contributed by atoms with van der Waals surface area (Å²) < 4.78 is 5.33. The Bertz CT molecular complexity index is 342. The third-order valence-electron chi connectivity index (χ3n) is 3.92. The normalized spacial score (nSPS) is 32.2. The fourth-order valence-corrected chi connectivity index (χ4v) is 2.94. The number of rotatable bonds is 3. The molecular formula is C13H21NO4. The third-order valence-corrected chi connectivity index (χ3v) is 3.92. The summed E-state index contributed by atoms with van der Waals surface area (Å²) >= 11 is 0. The number of aliphatic carboxylic acids is 1. The van der Waals surface area contributed by atoms with Gasteiger partial charge in [0.05, 0.1) is 0 Å². The topological polar surface area (TPSA) is 66.8 Å². The summed E-state index contributed by atoms with van der Waals surface area (Å²) in [6, 6.07) is 0.282. The Morgan fingerprint density at radius 3 is 2.44 bits per heavy atom. The number of carboxylic acid groups (broad SMARTS) is 1. The van der Waals surface area contributed by atoms with Gasteiger partial charge in [0.25, 0.3) is 5.91 Å². The minimum absolute atomic E-state index is 0.0186. The van der Waals surface area contributed by atoms with Crippen molar-refractivity contribution in [2.45, 2.75) is 57.8 Å². The zero-order valence-electron chi connectivity index (χ0n) is 11.0. The van der Waals surface area contributed by atoms with Gasteiger partial charge in [-0.25, -0.2) is 4.79 Å². The van der Waals surface area contributed by atoms with Crippen molar-refractivity contribution >= 4 is 11.9 Å². The molecule has 0 spiro atoms. The average molecular weight is 255 g/mol. The summed E-state index contributed by atoms with van der Waals surface area (Å²) in [5, 5.41) is 8.87. The summed E-state index contributed by atoms with van der Waals surface area (Å²) in [5.74, 6) is -0.546. The fraction of sp³-hybridized carbons (Fsp3) is 0.846. The van der Waals surface area contributed by atoms with Crippen LogP contribution >= 0.6 is 0 Å². The highest BCUT2D eigenvalue weighted by molar-refractivity contribution is 5.83. The van der Waals surface area contributed by atoms with Gasteiger partial charge in [0.15, 0.2) is 6.10 Å². The van der Waals surface area contributed by atoms with E-state index in [1.807, 2.05) is 4.90 Å². The van der Waals surface area contributed by atoms with Crippen LogP contribution in [0.1, 0.15) is 39.5 Å². The molecule has 18 heavy (non-hydrogen) atoms. The van der Waals surface area contributed by atoms with E-state index in [-0.39, 0.29) is 11.9 Å². The molecule has 2 fully saturated rings. The molecule has 0 bridgehead atoms. The zero-order valence-corrected chi connectivity index (χ0v) is 11.0. The molecule has 2 heterocycles. The van der Waals surface area contributed by atoms with E-state index in [1.54, 1.807) is 0 Å². The van der Waals surface area contributed by atoms with Gasteiger partial charge in [-0.3, -0.25) is 4.79 Å². The highest BCUT2D eigenvalue weighted by atomic mass is 16.5. The van der Waals surface area contributed by atoms with E-state index < -0.39 is 18.2 Å². The molecule has 5 heteroatoms. The smallest absolute Gasteiger partial charge is 0.332 e. The number of carbonyl (C=O) groups is 2. The Morgan fingerprint density at radius 1 is 1.22 bits per heavy atom. The molecule has 5 nitrogen and oxygen atoms in total. The number of amides is 1. The van der Waals surface area contributed by atoms with E-state index in [2.05, 4.69) is 13.8 Å².